The van der Waals surface area contributed by atoms with Gasteiger partial charge < -0.3 is 10.6 Å². The zero-order valence-electron chi connectivity index (χ0n) is 10.4. The highest BCUT2D eigenvalue weighted by Gasteiger charge is 2.31. The van der Waals surface area contributed by atoms with Gasteiger partial charge >= 0.3 is 0 Å². The van der Waals surface area contributed by atoms with Crippen molar-refractivity contribution in [2.45, 2.75) is 39.2 Å². The Balaban J connectivity index is 2.17. The fraction of sp³-hybridized carbons (Fsp3) is 0.667. The number of nitrogens with two attached hydrogens (primary N) is 1. The first-order valence-electron chi connectivity index (χ1n) is 6.12. The van der Waals surface area contributed by atoms with Gasteiger partial charge in [0.1, 0.15) is 12.0 Å². The van der Waals surface area contributed by atoms with Gasteiger partial charge in [-0.05, 0) is 25.2 Å². The van der Waals surface area contributed by atoms with Crippen molar-refractivity contribution in [1.29, 1.82) is 0 Å². The highest BCUT2D eigenvalue weighted by atomic mass is 35.5. The molecule has 0 saturated heterocycles. The summed E-state index contributed by atoms with van der Waals surface area (Å²) in [6.45, 7) is 5.43. The summed E-state index contributed by atoms with van der Waals surface area (Å²) < 4.78 is 0. The van der Waals surface area contributed by atoms with Crippen molar-refractivity contribution in [1.82, 2.24) is 9.97 Å². The van der Waals surface area contributed by atoms with Gasteiger partial charge in [0.05, 0.1) is 0 Å². The van der Waals surface area contributed by atoms with Gasteiger partial charge in [0, 0.05) is 12.6 Å². The van der Waals surface area contributed by atoms with E-state index in [9.17, 15) is 0 Å². The van der Waals surface area contributed by atoms with Crippen molar-refractivity contribution in [3.05, 3.63) is 11.5 Å². The van der Waals surface area contributed by atoms with Gasteiger partial charge in [0.25, 0.3) is 0 Å². The van der Waals surface area contributed by atoms with Crippen LogP contribution < -0.4 is 10.6 Å². The summed E-state index contributed by atoms with van der Waals surface area (Å²) in [6, 6.07) is 0.585. The molecular formula is C12H19ClN4. The third-order valence-corrected chi connectivity index (χ3v) is 3.32. The molecule has 17 heavy (non-hydrogen) atoms. The summed E-state index contributed by atoms with van der Waals surface area (Å²) in [5.74, 6) is 1.47. The average molecular weight is 255 g/mol. The SMILES string of the molecule is CC(C)CCN(c1ncnc(Cl)c1N)C1CC1. The lowest BCUT2D eigenvalue weighted by molar-refractivity contribution is 0.568. The van der Waals surface area contributed by atoms with E-state index in [2.05, 4.69) is 28.7 Å². The van der Waals surface area contributed by atoms with E-state index < -0.39 is 0 Å². The van der Waals surface area contributed by atoms with Crippen LogP contribution in [0.15, 0.2) is 6.33 Å². The zero-order chi connectivity index (χ0) is 12.4. The molecule has 0 unspecified atom stereocenters. The van der Waals surface area contributed by atoms with E-state index in [4.69, 9.17) is 17.3 Å². The molecule has 94 valence electrons. The van der Waals surface area contributed by atoms with Crippen LogP contribution in [0, 0.1) is 5.92 Å². The molecule has 0 amide bonds. The second-order valence-corrected chi connectivity index (χ2v) is 5.37. The quantitative estimate of drug-likeness (QED) is 0.821. The van der Waals surface area contributed by atoms with Crippen molar-refractivity contribution in [3.8, 4) is 0 Å². The standard InChI is InChI=1S/C12H19ClN4/c1-8(2)5-6-17(9-3-4-9)12-10(14)11(13)15-7-16-12/h7-9H,3-6,14H2,1-2H3. The van der Waals surface area contributed by atoms with Crippen LogP contribution >= 0.6 is 11.6 Å². The van der Waals surface area contributed by atoms with E-state index in [-0.39, 0.29) is 0 Å². The van der Waals surface area contributed by atoms with E-state index in [0.717, 1.165) is 18.8 Å². The molecule has 1 aliphatic rings. The second-order valence-electron chi connectivity index (χ2n) is 5.01. The number of anilines is 2. The van der Waals surface area contributed by atoms with Crippen LogP contribution in [0.25, 0.3) is 0 Å². The minimum atomic E-state index is 0.352. The lowest BCUT2D eigenvalue weighted by atomic mass is 10.1. The molecule has 5 heteroatoms. The van der Waals surface area contributed by atoms with Crippen molar-refractivity contribution in [2.24, 2.45) is 5.92 Å². The molecule has 0 bridgehead atoms. The first kappa shape index (κ1) is 12.4. The predicted molar refractivity (Wildman–Crippen MR) is 71.3 cm³/mol. The molecule has 1 aromatic heterocycles. The Hall–Kier alpha value is -1.03. The van der Waals surface area contributed by atoms with Gasteiger partial charge in [-0.3, -0.25) is 0 Å². The van der Waals surface area contributed by atoms with Gasteiger partial charge in [0.2, 0.25) is 0 Å². The van der Waals surface area contributed by atoms with E-state index in [0.29, 0.717) is 22.8 Å². The molecule has 2 N–H and O–H groups in total. The molecule has 4 nitrogen and oxygen atoms in total. The Labute approximate surface area is 107 Å². The van der Waals surface area contributed by atoms with Gasteiger partial charge in [-0.1, -0.05) is 25.4 Å². The zero-order valence-corrected chi connectivity index (χ0v) is 11.1. The molecule has 2 rings (SSSR count). The maximum atomic E-state index is 5.96. The fourth-order valence-corrected chi connectivity index (χ4v) is 1.97. The van der Waals surface area contributed by atoms with Crippen LogP contribution in [0.3, 0.4) is 0 Å². The third kappa shape index (κ3) is 3.00. The Bertz CT molecular complexity index is 390. The summed E-state index contributed by atoms with van der Waals surface area (Å²) >= 11 is 5.94. The summed E-state index contributed by atoms with van der Waals surface area (Å²) in [4.78, 5) is 10.5. The topological polar surface area (TPSA) is 55.0 Å². The molecule has 1 aliphatic carbocycles. The molecule has 0 spiro atoms. The van der Waals surface area contributed by atoms with E-state index in [1.165, 1.54) is 19.2 Å². The lowest BCUT2D eigenvalue weighted by Gasteiger charge is -2.25. The van der Waals surface area contributed by atoms with Gasteiger partial charge in [-0.15, -0.1) is 0 Å². The summed E-state index contributed by atoms with van der Waals surface area (Å²) in [6.07, 6.45) is 5.06. The number of halogens is 1. The summed E-state index contributed by atoms with van der Waals surface area (Å²) in [5.41, 5.74) is 6.46. The minimum absolute atomic E-state index is 0.352. The molecule has 0 aliphatic heterocycles. The van der Waals surface area contributed by atoms with E-state index >= 15 is 0 Å². The molecule has 0 aromatic carbocycles. The highest BCUT2D eigenvalue weighted by Crippen LogP contribution is 2.35. The number of hydrogen-bond donors (Lipinski definition) is 1. The van der Waals surface area contributed by atoms with Crippen LogP contribution in [0.5, 0.6) is 0 Å². The molecule has 1 saturated carbocycles. The Morgan fingerprint density at radius 2 is 2.18 bits per heavy atom. The normalized spacial score (nSPS) is 15.3. The number of rotatable bonds is 5. The molecular weight excluding hydrogens is 236 g/mol. The Kier molecular flexibility index (Phi) is 3.72. The first-order valence-corrected chi connectivity index (χ1v) is 6.50. The number of aromatic nitrogens is 2. The van der Waals surface area contributed by atoms with Gasteiger partial charge in [0.15, 0.2) is 11.0 Å². The Morgan fingerprint density at radius 3 is 2.76 bits per heavy atom. The lowest BCUT2D eigenvalue weighted by Crippen LogP contribution is -2.29. The Morgan fingerprint density at radius 1 is 1.47 bits per heavy atom. The van der Waals surface area contributed by atoms with Crippen LogP contribution in [0.4, 0.5) is 11.5 Å². The maximum Gasteiger partial charge on any atom is 0.157 e. The third-order valence-electron chi connectivity index (χ3n) is 3.02. The van der Waals surface area contributed by atoms with Gasteiger partial charge in [-0.25, -0.2) is 9.97 Å². The van der Waals surface area contributed by atoms with E-state index in [1.54, 1.807) is 0 Å². The van der Waals surface area contributed by atoms with Crippen LogP contribution in [0.1, 0.15) is 33.1 Å². The first-order chi connectivity index (χ1) is 8.09. The molecule has 1 heterocycles. The number of nitrogen functional groups attached to an aromatic ring is 1. The van der Waals surface area contributed by atoms with Crippen molar-refractivity contribution < 1.29 is 0 Å². The average Bonchev–Trinajstić information content (AvgIpc) is 3.08. The maximum absolute atomic E-state index is 5.96. The summed E-state index contributed by atoms with van der Waals surface area (Å²) in [5, 5.41) is 0.352. The second kappa shape index (κ2) is 5.08. The summed E-state index contributed by atoms with van der Waals surface area (Å²) in [7, 11) is 0. The smallest absolute Gasteiger partial charge is 0.157 e. The van der Waals surface area contributed by atoms with Crippen molar-refractivity contribution >= 4 is 23.1 Å². The number of hydrogen-bond acceptors (Lipinski definition) is 4. The number of nitrogens with zero attached hydrogens (tertiary/aromatic N) is 3. The highest BCUT2D eigenvalue weighted by molar-refractivity contribution is 6.32. The molecule has 0 atom stereocenters. The molecule has 1 fully saturated rings. The van der Waals surface area contributed by atoms with E-state index in [1.807, 2.05) is 0 Å². The van der Waals surface area contributed by atoms with Crippen molar-refractivity contribution in [3.63, 3.8) is 0 Å². The van der Waals surface area contributed by atoms with Crippen LogP contribution in [-0.4, -0.2) is 22.6 Å². The van der Waals surface area contributed by atoms with Gasteiger partial charge in [-0.2, -0.15) is 0 Å². The van der Waals surface area contributed by atoms with Crippen LogP contribution in [-0.2, 0) is 0 Å². The fourth-order valence-electron chi connectivity index (χ4n) is 1.84. The molecule has 0 radical (unpaired) electrons. The molecule has 1 aromatic rings. The van der Waals surface area contributed by atoms with Crippen LogP contribution in [0.2, 0.25) is 5.15 Å². The largest absolute Gasteiger partial charge is 0.393 e. The van der Waals surface area contributed by atoms with Crippen molar-refractivity contribution in [2.75, 3.05) is 17.2 Å². The minimum Gasteiger partial charge on any atom is -0.393 e. The predicted octanol–water partition coefficient (Wildman–Crippen LogP) is 2.73. The monoisotopic (exact) mass is 254 g/mol.